The van der Waals surface area contributed by atoms with Gasteiger partial charge in [-0.25, -0.2) is 9.97 Å². The Hall–Kier alpha value is -2.89. The summed E-state index contributed by atoms with van der Waals surface area (Å²) in [5, 5.41) is 0. The minimum Gasteiger partial charge on any atom is -0.448 e. The zero-order chi connectivity index (χ0) is 17.9. The lowest BCUT2D eigenvalue weighted by Gasteiger charge is -2.32. The van der Waals surface area contributed by atoms with Gasteiger partial charge in [0.25, 0.3) is 5.91 Å². The molecule has 1 aromatic carbocycles. The number of carbonyl (C=O) groups is 1. The number of likely N-dealkylation sites (tertiary alicyclic amines) is 1. The molecular formula is C20H22N4O2. The number of hydrogen-bond acceptors (Lipinski definition) is 4. The molecule has 1 aliphatic rings. The molecule has 0 bridgehead atoms. The number of piperidine rings is 1. The molecule has 0 radical (unpaired) electrons. The van der Waals surface area contributed by atoms with Gasteiger partial charge in [0.1, 0.15) is 11.6 Å². The number of aromatic nitrogens is 3. The van der Waals surface area contributed by atoms with Crippen LogP contribution in [0.4, 0.5) is 0 Å². The molecule has 6 nitrogen and oxygen atoms in total. The van der Waals surface area contributed by atoms with Crippen LogP contribution in [-0.2, 0) is 6.54 Å². The van der Waals surface area contributed by atoms with E-state index in [4.69, 9.17) is 4.42 Å². The first kappa shape index (κ1) is 16.6. The molecule has 134 valence electrons. The van der Waals surface area contributed by atoms with Crippen LogP contribution in [0, 0.1) is 6.92 Å². The molecular weight excluding hydrogens is 328 g/mol. The maximum Gasteiger partial charge on any atom is 0.276 e. The van der Waals surface area contributed by atoms with E-state index >= 15 is 0 Å². The van der Waals surface area contributed by atoms with E-state index in [1.165, 1.54) is 12.0 Å². The van der Waals surface area contributed by atoms with Crippen molar-refractivity contribution < 1.29 is 9.21 Å². The smallest absolute Gasteiger partial charge is 0.276 e. The normalized spacial score (nSPS) is 17.4. The van der Waals surface area contributed by atoms with Gasteiger partial charge >= 0.3 is 0 Å². The van der Waals surface area contributed by atoms with Crippen molar-refractivity contribution in [3.05, 3.63) is 72.0 Å². The SMILES string of the molecule is Cc1ocnc1C(=O)N1CCC[C@@H](c2nccn2Cc2ccccc2)C1. The second-order valence-electron chi connectivity index (χ2n) is 6.75. The number of hydrogen-bond donors (Lipinski definition) is 0. The molecule has 0 aliphatic carbocycles. The fourth-order valence-electron chi connectivity index (χ4n) is 3.63. The van der Waals surface area contributed by atoms with Crippen LogP contribution in [0.2, 0.25) is 0 Å². The van der Waals surface area contributed by atoms with E-state index in [0.29, 0.717) is 18.0 Å². The summed E-state index contributed by atoms with van der Waals surface area (Å²) in [6.45, 7) is 3.98. The van der Waals surface area contributed by atoms with Crippen molar-refractivity contribution in [2.24, 2.45) is 0 Å². The molecule has 6 heteroatoms. The number of oxazole rings is 1. The maximum atomic E-state index is 12.7. The predicted molar refractivity (Wildman–Crippen MR) is 96.9 cm³/mol. The van der Waals surface area contributed by atoms with Gasteiger partial charge in [-0.3, -0.25) is 4.79 Å². The van der Waals surface area contributed by atoms with Gasteiger partial charge in [-0.2, -0.15) is 0 Å². The van der Waals surface area contributed by atoms with Gasteiger partial charge in [0.05, 0.1) is 0 Å². The molecule has 3 aromatic rings. The molecule has 26 heavy (non-hydrogen) atoms. The van der Waals surface area contributed by atoms with Crippen LogP contribution in [0.1, 0.15) is 46.4 Å². The van der Waals surface area contributed by atoms with Gasteiger partial charge in [-0.15, -0.1) is 0 Å². The Kier molecular flexibility index (Phi) is 4.56. The number of nitrogens with zero attached hydrogens (tertiary/aromatic N) is 4. The fourth-order valence-corrected chi connectivity index (χ4v) is 3.63. The Morgan fingerprint density at radius 1 is 1.27 bits per heavy atom. The van der Waals surface area contributed by atoms with Crippen molar-refractivity contribution in [1.29, 1.82) is 0 Å². The predicted octanol–water partition coefficient (Wildman–Crippen LogP) is 3.25. The van der Waals surface area contributed by atoms with Crippen LogP contribution < -0.4 is 0 Å². The molecule has 4 rings (SSSR count). The van der Waals surface area contributed by atoms with E-state index in [9.17, 15) is 4.79 Å². The van der Waals surface area contributed by atoms with Crippen molar-refractivity contribution in [1.82, 2.24) is 19.4 Å². The number of amides is 1. The van der Waals surface area contributed by atoms with Crippen LogP contribution in [0.25, 0.3) is 0 Å². The van der Waals surface area contributed by atoms with Crippen LogP contribution >= 0.6 is 0 Å². The first-order valence-electron chi connectivity index (χ1n) is 8.96. The Labute approximate surface area is 152 Å². The average molecular weight is 350 g/mol. The third kappa shape index (κ3) is 3.27. The van der Waals surface area contributed by atoms with Crippen molar-refractivity contribution in [2.75, 3.05) is 13.1 Å². The zero-order valence-corrected chi connectivity index (χ0v) is 14.8. The van der Waals surface area contributed by atoms with E-state index in [1.54, 1.807) is 6.92 Å². The van der Waals surface area contributed by atoms with Crippen LogP contribution in [0.3, 0.4) is 0 Å². The molecule has 1 amide bonds. The average Bonchev–Trinajstić information content (AvgIpc) is 3.31. The monoisotopic (exact) mass is 350 g/mol. The number of carbonyl (C=O) groups excluding carboxylic acids is 1. The third-order valence-electron chi connectivity index (χ3n) is 4.96. The summed E-state index contributed by atoms with van der Waals surface area (Å²) < 4.78 is 7.38. The number of rotatable bonds is 4. The van der Waals surface area contributed by atoms with Crippen LogP contribution in [0.5, 0.6) is 0 Å². The highest BCUT2D eigenvalue weighted by Crippen LogP contribution is 2.27. The minimum atomic E-state index is -0.0536. The molecule has 0 N–H and O–H groups in total. The highest BCUT2D eigenvalue weighted by molar-refractivity contribution is 5.93. The second kappa shape index (κ2) is 7.15. The van der Waals surface area contributed by atoms with E-state index in [0.717, 1.165) is 31.8 Å². The van der Waals surface area contributed by atoms with Crippen molar-refractivity contribution in [3.63, 3.8) is 0 Å². The van der Waals surface area contributed by atoms with Gasteiger partial charge in [0.2, 0.25) is 0 Å². The molecule has 1 saturated heterocycles. The quantitative estimate of drug-likeness (QED) is 0.724. The summed E-state index contributed by atoms with van der Waals surface area (Å²) >= 11 is 0. The summed E-state index contributed by atoms with van der Waals surface area (Å²) in [5.41, 5.74) is 1.66. The van der Waals surface area contributed by atoms with E-state index in [-0.39, 0.29) is 11.8 Å². The Morgan fingerprint density at radius 2 is 2.12 bits per heavy atom. The number of imidazole rings is 1. The van der Waals surface area contributed by atoms with Gasteiger partial charge < -0.3 is 13.9 Å². The Bertz CT molecular complexity index is 884. The summed E-state index contributed by atoms with van der Waals surface area (Å²) in [6.07, 6.45) is 7.20. The fraction of sp³-hybridized carbons (Fsp3) is 0.350. The summed E-state index contributed by atoms with van der Waals surface area (Å²) in [4.78, 5) is 23.3. The van der Waals surface area contributed by atoms with Crippen LogP contribution in [-0.4, -0.2) is 38.4 Å². The summed E-state index contributed by atoms with van der Waals surface area (Å²) in [6, 6.07) is 10.4. The molecule has 0 spiro atoms. The van der Waals surface area contributed by atoms with E-state index in [2.05, 4.69) is 26.7 Å². The van der Waals surface area contributed by atoms with Gasteiger partial charge in [-0.05, 0) is 25.3 Å². The van der Waals surface area contributed by atoms with Crippen LogP contribution in [0.15, 0.2) is 53.5 Å². The molecule has 1 fully saturated rings. The zero-order valence-electron chi connectivity index (χ0n) is 14.8. The molecule has 1 aliphatic heterocycles. The molecule has 1 atom stereocenters. The molecule has 2 aromatic heterocycles. The van der Waals surface area contributed by atoms with Gasteiger partial charge in [0.15, 0.2) is 12.1 Å². The molecule has 0 unspecified atom stereocenters. The van der Waals surface area contributed by atoms with Crippen molar-refractivity contribution in [3.8, 4) is 0 Å². The second-order valence-corrected chi connectivity index (χ2v) is 6.75. The minimum absolute atomic E-state index is 0.0536. The van der Waals surface area contributed by atoms with Crippen molar-refractivity contribution in [2.45, 2.75) is 32.2 Å². The van der Waals surface area contributed by atoms with Crippen molar-refractivity contribution >= 4 is 5.91 Å². The largest absolute Gasteiger partial charge is 0.448 e. The summed E-state index contributed by atoms with van der Waals surface area (Å²) in [7, 11) is 0. The number of aryl methyl sites for hydroxylation is 1. The topological polar surface area (TPSA) is 64.2 Å². The Balaban J connectivity index is 1.51. The lowest BCUT2D eigenvalue weighted by molar-refractivity contribution is 0.0696. The highest BCUT2D eigenvalue weighted by Gasteiger charge is 2.29. The first-order valence-corrected chi connectivity index (χ1v) is 8.96. The maximum absolute atomic E-state index is 12.7. The highest BCUT2D eigenvalue weighted by atomic mass is 16.3. The Morgan fingerprint density at radius 3 is 2.88 bits per heavy atom. The standard InChI is InChI=1S/C20H22N4O2/c1-15-18(22-14-26-15)20(25)24-10-5-8-17(13-24)19-21-9-11-23(19)12-16-6-3-2-4-7-16/h2-4,6-7,9,11,14,17H,5,8,10,12-13H2,1H3/t17-/m1/s1. The summed E-state index contributed by atoms with van der Waals surface area (Å²) in [5.74, 6) is 1.80. The third-order valence-corrected chi connectivity index (χ3v) is 4.96. The van der Waals surface area contributed by atoms with Gasteiger partial charge in [-0.1, -0.05) is 30.3 Å². The molecule has 0 saturated carbocycles. The first-order chi connectivity index (χ1) is 12.7. The van der Waals surface area contributed by atoms with E-state index < -0.39 is 0 Å². The van der Waals surface area contributed by atoms with E-state index in [1.807, 2.05) is 35.5 Å². The lowest BCUT2D eigenvalue weighted by atomic mass is 9.96. The molecule has 3 heterocycles. The lowest BCUT2D eigenvalue weighted by Crippen LogP contribution is -2.40. The number of benzene rings is 1. The van der Waals surface area contributed by atoms with Gasteiger partial charge in [0, 0.05) is 37.9 Å².